The number of amides is 1. The van der Waals surface area contributed by atoms with Gasteiger partial charge in [-0.25, -0.2) is 19.6 Å². The van der Waals surface area contributed by atoms with Crippen LogP contribution in [0, 0.1) is 12.3 Å². The highest BCUT2D eigenvalue weighted by Crippen LogP contribution is 2.27. The number of nitrogens with zero attached hydrogens (tertiary/aromatic N) is 2. The Morgan fingerprint density at radius 1 is 0.898 bits per heavy atom. The lowest BCUT2D eigenvalue weighted by atomic mass is 9.90. The number of aryl methyl sites for hydroxylation is 2. The average Bonchev–Trinajstić information content (AvgIpc) is 3.02. The molecular weight excluding hydrogens is 664 g/mol. The van der Waals surface area contributed by atoms with E-state index in [4.69, 9.17) is 30.9 Å². The highest BCUT2D eigenvalue weighted by atomic mass is 19.4. The van der Waals surface area contributed by atoms with E-state index in [9.17, 15) is 31.1 Å². The summed E-state index contributed by atoms with van der Waals surface area (Å²) in [4.78, 5) is 39.9. The minimum Gasteiger partial charge on any atom is -0.475 e. The van der Waals surface area contributed by atoms with Gasteiger partial charge in [0.2, 0.25) is 5.82 Å². The molecule has 0 aliphatic heterocycles. The molecule has 4 rings (SSSR count). The van der Waals surface area contributed by atoms with Gasteiger partial charge in [-0.15, -0.1) is 0 Å². The normalized spacial score (nSPS) is 15.8. The summed E-state index contributed by atoms with van der Waals surface area (Å²) >= 11 is 0. The number of hydrogen-bond donors (Lipinski definition) is 7. The molecule has 8 N–H and O–H groups in total. The van der Waals surface area contributed by atoms with Crippen LogP contribution in [0.4, 0.5) is 32.2 Å². The van der Waals surface area contributed by atoms with Gasteiger partial charge in [-0.3, -0.25) is 10.2 Å². The maximum absolute atomic E-state index is 12.9. The van der Waals surface area contributed by atoms with Crippen molar-refractivity contribution >= 4 is 40.5 Å². The van der Waals surface area contributed by atoms with Gasteiger partial charge in [-0.2, -0.15) is 26.3 Å². The van der Waals surface area contributed by atoms with E-state index in [1.807, 2.05) is 43.3 Å². The largest absolute Gasteiger partial charge is 0.490 e. The van der Waals surface area contributed by atoms with Crippen molar-refractivity contribution in [2.45, 2.75) is 76.3 Å². The molecule has 12 nitrogen and oxygen atoms in total. The minimum atomic E-state index is -5.08. The van der Waals surface area contributed by atoms with E-state index in [0.29, 0.717) is 12.4 Å². The van der Waals surface area contributed by atoms with E-state index >= 15 is 0 Å². The predicted molar refractivity (Wildman–Crippen MR) is 168 cm³/mol. The van der Waals surface area contributed by atoms with Crippen LogP contribution in [0.15, 0.2) is 48.5 Å². The molecule has 1 aromatic heterocycles. The molecule has 2 unspecified atom stereocenters. The fourth-order valence-electron chi connectivity index (χ4n) is 4.69. The molecule has 1 amide bonds. The van der Waals surface area contributed by atoms with Crippen LogP contribution < -0.4 is 21.7 Å². The maximum atomic E-state index is 12.9. The molecule has 1 heterocycles. The number of hydrogen-bond acceptors (Lipinski definition) is 7. The number of halogens is 6. The third-order valence-corrected chi connectivity index (χ3v) is 6.99. The van der Waals surface area contributed by atoms with Crippen molar-refractivity contribution in [2.24, 2.45) is 5.73 Å². The van der Waals surface area contributed by atoms with Crippen molar-refractivity contribution < 1.29 is 50.9 Å². The summed E-state index contributed by atoms with van der Waals surface area (Å²) in [5.41, 5.74) is 8.76. The fourth-order valence-corrected chi connectivity index (χ4v) is 4.69. The molecular formula is C31H37F6N7O5. The van der Waals surface area contributed by atoms with E-state index in [1.54, 1.807) is 0 Å². The number of nitrogens with two attached hydrogens (primary N) is 1. The van der Waals surface area contributed by atoms with Crippen LogP contribution >= 0.6 is 0 Å². The minimum absolute atomic E-state index is 0.0283. The Morgan fingerprint density at radius 3 is 2.02 bits per heavy atom. The Labute approximate surface area is 277 Å². The van der Waals surface area contributed by atoms with Gasteiger partial charge in [0.15, 0.2) is 5.96 Å². The Morgan fingerprint density at radius 2 is 1.47 bits per heavy atom. The molecule has 2 aromatic carbocycles. The topological polar surface area (TPSA) is 203 Å². The van der Waals surface area contributed by atoms with Gasteiger partial charge in [0.1, 0.15) is 5.82 Å². The van der Waals surface area contributed by atoms with E-state index < -0.39 is 24.3 Å². The summed E-state index contributed by atoms with van der Waals surface area (Å²) in [7, 11) is 0. The third-order valence-electron chi connectivity index (χ3n) is 6.99. The third kappa shape index (κ3) is 14.2. The lowest BCUT2D eigenvalue weighted by molar-refractivity contribution is -0.193. The number of anilines is 1. The van der Waals surface area contributed by atoms with Crippen molar-refractivity contribution in [3.8, 4) is 0 Å². The summed E-state index contributed by atoms with van der Waals surface area (Å²) in [5, 5.41) is 32.4. The molecule has 0 saturated heterocycles. The number of aromatic nitrogens is 2. The highest BCUT2D eigenvalue weighted by Gasteiger charge is 2.39. The number of unbranched alkanes of at least 4 members (excludes halogenated alkanes) is 1. The molecule has 0 spiro atoms. The Kier molecular flexibility index (Phi) is 15.0. The van der Waals surface area contributed by atoms with Crippen LogP contribution in [-0.2, 0) is 16.0 Å². The molecule has 1 fully saturated rings. The average molecular weight is 702 g/mol. The van der Waals surface area contributed by atoms with Gasteiger partial charge in [0, 0.05) is 24.0 Å². The first-order chi connectivity index (χ1) is 22.9. The first kappa shape index (κ1) is 40.0. The highest BCUT2D eigenvalue weighted by molar-refractivity contribution is 5.96. The Bertz CT molecular complexity index is 1550. The second kappa shape index (κ2) is 18.4. The monoisotopic (exact) mass is 701 g/mol. The maximum Gasteiger partial charge on any atom is 0.490 e. The second-order valence-electron chi connectivity index (χ2n) is 10.9. The SMILES string of the molecule is Cc1ccc2nc(C(=O)NCCCCc3ccccc3)nc(NC3CCCCC3NC(=N)N)c2c1.O=C(O)C(F)(F)F.O=C(O)C(F)(F)F. The smallest absolute Gasteiger partial charge is 0.475 e. The number of nitrogens with one attached hydrogen (secondary N) is 4. The lowest BCUT2D eigenvalue weighted by Gasteiger charge is -2.33. The number of carbonyl (C=O) groups is 3. The molecule has 1 saturated carbocycles. The molecule has 2 atom stereocenters. The zero-order valence-corrected chi connectivity index (χ0v) is 26.3. The quantitative estimate of drug-likeness (QED) is 0.0676. The number of alkyl halides is 6. The first-order valence-electron chi connectivity index (χ1n) is 15.0. The van der Waals surface area contributed by atoms with Gasteiger partial charge >= 0.3 is 24.3 Å². The van der Waals surface area contributed by atoms with Crippen molar-refractivity contribution in [2.75, 3.05) is 11.9 Å². The fraction of sp³-hybridized carbons (Fsp3) is 0.419. The number of benzene rings is 2. The van der Waals surface area contributed by atoms with Crippen LogP contribution in [0.2, 0.25) is 0 Å². The standard InChI is InChI=1S/C27H35N7O.2C2HF3O2/c1-18-14-15-21-20(17-18)24(32-22-12-5-6-13-23(22)33-27(28)29)34-25(31-21)26(35)30-16-8-7-11-19-9-3-2-4-10-19;2*3-2(4,5)1(6)7/h2-4,9-10,14-15,17,22-23H,5-8,11-13,16H2,1H3,(H,30,35)(H4,28,29,33)(H,31,32,34);2*(H,6,7). The number of fused-ring (bicyclic) bond motifs is 1. The van der Waals surface area contributed by atoms with Crippen LogP contribution in [0.1, 0.15) is 60.3 Å². The second-order valence-corrected chi connectivity index (χ2v) is 10.9. The molecule has 3 aromatic rings. The Balaban J connectivity index is 0.000000500. The zero-order valence-electron chi connectivity index (χ0n) is 26.3. The van der Waals surface area contributed by atoms with Crippen molar-refractivity contribution in [1.82, 2.24) is 20.6 Å². The molecule has 268 valence electrons. The summed E-state index contributed by atoms with van der Waals surface area (Å²) in [6, 6.07) is 16.4. The number of carboxylic acid groups (broad SMARTS) is 2. The van der Waals surface area contributed by atoms with Crippen molar-refractivity contribution in [3.05, 3.63) is 65.5 Å². The number of aliphatic carboxylic acids is 2. The zero-order chi connectivity index (χ0) is 36.8. The summed E-state index contributed by atoms with van der Waals surface area (Å²) in [6.07, 6.45) is -3.24. The molecule has 0 radical (unpaired) electrons. The van der Waals surface area contributed by atoms with Crippen LogP contribution in [0.25, 0.3) is 10.9 Å². The van der Waals surface area contributed by atoms with Crippen molar-refractivity contribution in [3.63, 3.8) is 0 Å². The van der Waals surface area contributed by atoms with Gasteiger partial charge in [0.05, 0.1) is 5.52 Å². The van der Waals surface area contributed by atoms with Crippen LogP contribution in [0.5, 0.6) is 0 Å². The number of carboxylic acids is 2. The van der Waals surface area contributed by atoms with Gasteiger partial charge < -0.3 is 31.9 Å². The summed E-state index contributed by atoms with van der Waals surface area (Å²) in [5.74, 6) is -4.99. The van der Waals surface area contributed by atoms with Gasteiger partial charge in [-0.1, -0.05) is 54.8 Å². The lowest BCUT2D eigenvalue weighted by Crippen LogP contribution is -2.50. The van der Waals surface area contributed by atoms with Crippen LogP contribution in [0.3, 0.4) is 0 Å². The molecule has 0 bridgehead atoms. The summed E-state index contributed by atoms with van der Waals surface area (Å²) in [6.45, 7) is 2.61. The number of guanidine groups is 1. The van der Waals surface area contributed by atoms with Gasteiger partial charge in [0.25, 0.3) is 5.91 Å². The van der Waals surface area contributed by atoms with Gasteiger partial charge in [-0.05, 0) is 56.7 Å². The number of rotatable bonds is 9. The number of carbonyl (C=O) groups excluding carboxylic acids is 1. The molecule has 18 heteroatoms. The van der Waals surface area contributed by atoms with E-state index in [1.165, 1.54) is 5.56 Å². The molecule has 1 aliphatic carbocycles. The van der Waals surface area contributed by atoms with E-state index in [0.717, 1.165) is 61.4 Å². The summed E-state index contributed by atoms with van der Waals surface area (Å²) < 4.78 is 63.5. The Hall–Kier alpha value is -5.16. The molecule has 1 aliphatic rings. The molecule has 49 heavy (non-hydrogen) atoms. The first-order valence-corrected chi connectivity index (χ1v) is 15.0. The van der Waals surface area contributed by atoms with Crippen LogP contribution in [-0.4, -0.2) is 75.0 Å². The van der Waals surface area contributed by atoms with Crippen molar-refractivity contribution in [1.29, 1.82) is 5.41 Å². The predicted octanol–water partition coefficient (Wildman–Crippen LogP) is 5.16. The van der Waals surface area contributed by atoms with E-state index in [2.05, 4.69) is 38.1 Å². The van der Waals surface area contributed by atoms with E-state index in [-0.39, 0.29) is 29.8 Å².